The average molecular weight is 319 g/mol. The van der Waals surface area contributed by atoms with Crippen LogP contribution in [0.5, 0.6) is 0 Å². The van der Waals surface area contributed by atoms with E-state index in [0.717, 1.165) is 5.56 Å². The number of carbonyl (C=O) groups is 1. The Bertz CT molecular complexity index is 743. The van der Waals surface area contributed by atoms with Gasteiger partial charge in [0.25, 0.3) is 0 Å². The highest BCUT2D eigenvalue weighted by Crippen LogP contribution is 2.14. The fraction of sp³-hybridized carbons (Fsp3) is 0.133. The largest absolute Gasteiger partial charge is 0.331 e. The second-order valence-electron chi connectivity index (χ2n) is 4.80. The molecule has 4 N–H and O–H groups in total. The van der Waals surface area contributed by atoms with Gasteiger partial charge >= 0.3 is 6.03 Å². The van der Waals surface area contributed by atoms with Crippen LogP contribution in [0.3, 0.4) is 0 Å². The van der Waals surface area contributed by atoms with Crippen LogP contribution in [-0.2, 0) is 10.0 Å². The Morgan fingerprint density at radius 1 is 1.05 bits per heavy atom. The lowest BCUT2D eigenvalue weighted by atomic mass is 10.1. The fourth-order valence-corrected chi connectivity index (χ4v) is 2.43. The van der Waals surface area contributed by atoms with Crippen LogP contribution in [0.2, 0.25) is 0 Å². The van der Waals surface area contributed by atoms with E-state index in [1.54, 1.807) is 0 Å². The minimum absolute atomic E-state index is 0.00360. The first kappa shape index (κ1) is 16.0. The molecule has 0 aromatic heterocycles. The Balaban J connectivity index is 1.98. The number of sulfonamides is 1. The highest BCUT2D eigenvalue weighted by molar-refractivity contribution is 7.89. The molecule has 0 fully saturated rings. The number of nitrogens with one attached hydrogen (secondary N) is 2. The Kier molecular flexibility index (Phi) is 4.79. The quantitative estimate of drug-likeness (QED) is 0.805. The standard InChI is InChI=1S/C15H17N3O3S/c1-11(12-5-3-2-4-6-12)17-15(19)18-13-7-9-14(10-8-13)22(16,20)21/h2-11H,1H3,(H2,16,20,21)(H2,17,18,19). The number of urea groups is 1. The predicted molar refractivity (Wildman–Crippen MR) is 84.8 cm³/mol. The third-order valence-corrected chi connectivity index (χ3v) is 4.02. The van der Waals surface area contributed by atoms with E-state index in [9.17, 15) is 13.2 Å². The number of benzene rings is 2. The molecule has 2 aromatic rings. The predicted octanol–water partition coefficient (Wildman–Crippen LogP) is 2.22. The van der Waals surface area contributed by atoms with E-state index >= 15 is 0 Å². The summed E-state index contributed by atoms with van der Waals surface area (Å²) in [6.07, 6.45) is 0. The van der Waals surface area contributed by atoms with Crippen LogP contribution in [0.4, 0.5) is 10.5 Å². The van der Waals surface area contributed by atoms with Crippen molar-refractivity contribution in [3.05, 3.63) is 60.2 Å². The van der Waals surface area contributed by atoms with Gasteiger partial charge in [-0.2, -0.15) is 0 Å². The first-order chi connectivity index (χ1) is 10.4. The van der Waals surface area contributed by atoms with Crippen molar-refractivity contribution in [1.82, 2.24) is 5.32 Å². The number of amides is 2. The van der Waals surface area contributed by atoms with Crippen molar-refractivity contribution >= 4 is 21.7 Å². The molecule has 0 radical (unpaired) electrons. The molecule has 7 heteroatoms. The van der Waals surface area contributed by atoms with Crippen molar-refractivity contribution in [3.63, 3.8) is 0 Å². The summed E-state index contributed by atoms with van der Waals surface area (Å²) in [5.41, 5.74) is 1.47. The van der Waals surface area contributed by atoms with E-state index in [0.29, 0.717) is 5.69 Å². The Hall–Kier alpha value is -2.38. The molecule has 0 spiro atoms. The summed E-state index contributed by atoms with van der Waals surface area (Å²) < 4.78 is 22.3. The second-order valence-corrected chi connectivity index (χ2v) is 6.36. The van der Waals surface area contributed by atoms with Gasteiger partial charge in [0.2, 0.25) is 10.0 Å². The molecule has 2 rings (SSSR count). The SMILES string of the molecule is CC(NC(=O)Nc1ccc(S(N)(=O)=O)cc1)c1ccccc1. The van der Waals surface area contributed by atoms with Crippen molar-refractivity contribution in [1.29, 1.82) is 0 Å². The second kappa shape index (κ2) is 6.59. The number of hydrogen-bond donors (Lipinski definition) is 3. The lowest BCUT2D eigenvalue weighted by molar-refractivity contribution is 0.249. The first-order valence-electron chi connectivity index (χ1n) is 6.61. The Morgan fingerprint density at radius 2 is 1.64 bits per heavy atom. The fourth-order valence-electron chi connectivity index (χ4n) is 1.92. The van der Waals surface area contributed by atoms with Gasteiger partial charge in [0, 0.05) is 5.69 Å². The minimum atomic E-state index is -3.73. The maximum atomic E-state index is 11.9. The van der Waals surface area contributed by atoms with Gasteiger partial charge < -0.3 is 10.6 Å². The molecule has 22 heavy (non-hydrogen) atoms. The summed E-state index contributed by atoms with van der Waals surface area (Å²) in [5, 5.41) is 10.4. The van der Waals surface area contributed by atoms with E-state index in [4.69, 9.17) is 5.14 Å². The molecule has 116 valence electrons. The van der Waals surface area contributed by atoms with Crippen LogP contribution < -0.4 is 15.8 Å². The molecule has 0 saturated carbocycles. The summed E-state index contributed by atoms with van der Waals surface area (Å²) in [5.74, 6) is 0. The van der Waals surface area contributed by atoms with Crippen molar-refractivity contribution in [3.8, 4) is 0 Å². The van der Waals surface area contributed by atoms with E-state index in [2.05, 4.69) is 10.6 Å². The summed E-state index contributed by atoms with van der Waals surface area (Å²) in [6.45, 7) is 1.87. The molecule has 0 aliphatic carbocycles. The monoisotopic (exact) mass is 319 g/mol. The number of hydrogen-bond acceptors (Lipinski definition) is 3. The van der Waals surface area contributed by atoms with Crippen molar-refractivity contribution in [2.45, 2.75) is 17.9 Å². The molecule has 6 nitrogen and oxygen atoms in total. The molecule has 0 aliphatic rings. The summed E-state index contributed by atoms with van der Waals surface area (Å²) in [4.78, 5) is 11.9. The maximum absolute atomic E-state index is 11.9. The van der Waals surface area contributed by atoms with Gasteiger partial charge in [-0.1, -0.05) is 30.3 Å². The van der Waals surface area contributed by atoms with Crippen LogP contribution in [-0.4, -0.2) is 14.4 Å². The van der Waals surface area contributed by atoms with Gasteiger partial charge in [-0.15, -0.1) is 0 Å². The zero-order chi connectivity index (χ0) is 16.2. The molecule has 2 amide bonds. The molecule has 2 aromatic carbocycles. The molecule has 0 aliphatic heterocycles. The van der Waals surface area contributed by atoms with Gasteiger partial charge in [0.15, 0.2) is 0 Å². The zero-order valence-corrected chi connectivity index (χ0v) is 12.8. The zero-order valence-electron chi connectivity index (χ0n) is 12.0. The first-order valence-corrected chi connectivity index (χ1v) is 8.16. The normalized spacial score (nSPS) is 12.5. The van der Waals surface area contributed by atoms with Crippen LogP contribution >= 0.6 is 0 Å². The summed E-state index contributed by atoms with van der Waals surface area (Å²) in [7, 11) is -3.73. The molecule has 0 saturated heterocycles. The third kappa shape index (κ3) is 4.31. The highest BCUT2D eigenvalue weighted by atomic mass is 32.2. The van der Waals surface area contributed by atoms with Gasteiger partial charge in [-0.3, -0.25) is 0 Å². The van der Waals surface area contributed by atoms with Crippen molar-refractivity contribution < 1.29 is 13.2 Å². The van der Waals surface area contributed by atoms with Gasteiger partial charge in [-0.25, -0.2) is 18.4 Å². The lowest BCUT2D eigenvalue weighted by Gasteiger charge is -2.15. The van der Waals surface area contributed by atoms with Gasteiger partial charge in [-0.05, 0) is 36.8 Å². The van der Waals surface area contributed by atoms with Crippen LogP contribution in [0.25, 0.3) is 0 Å². The maximum Gasteiger partial charge on any atom is 0.319 e. The molecular formula is C15H17N3O3S. The number of rotatable bonds is 4. The number of anilines is 1. The molecular weight excluding hydrogens is 302 g/mol. The average Bonchev–Trinajstić information content (AvgIpc) is 2.47. The van der Waals surface area contributed by atoms with Crippen molar-refractivity contribution in [2.24, 2.45) is 5.14 Å². The number of carbonyl (C=O) groups excluding carboxylic acids is 1. The van der Waals surface area contributed by atoms with E-state index in [-0.39, 0.29) is 17.0 Å². The smallest absolute Gasteiger partial charge is 0.319 e. The Morgan fingerprint density at radius 3 is 2.18 bits per heavy atom. The molecule has 1 atom stereocenters. The lowest BCUT2D eigenvalue weighted by Crippen LogP contribution is -2.31. The Labute approximate surface area is 129 Å². The molecule has 0 bridgehead atoms. The van der Waals surface area contributed by atoms with Crippen LogP contribution in [0.1, 0.15) is 18.5 Å². The topological polar surface area (TPSA) is 101 Å². The van der Waals surface area contributed by atoms with Crippen LogP contribution in [0.15, 0.2) is 59.5 Å². The summed E-state index contributed by atoms with van der Waals surface area (Å²) in [6, 6.07) is 14.7. The number of primary sulfonamides is 1. The van der Waals surface area contributed by atoms with Crippen LogP contribution in [0, 0.1) is 0 Å². The molecule has 1 unspecified atom stereocenters. The third-order valence-electron chi connectivity index (χ3n) is 3.09. The molecule has 0 heterocycles. The van der Waals surface area contributed by atoms with Gasteiger partial charge in [0.1, 0.15) is 0 Å². The van der Waals surface area contributed by atoms with E-state index in [1.165, 1.54) is 24.3 Å². The summed E-state index contributed by atoms with van der Waals surface area (Å²) >= 11 is 0. The van der Waals surface area contributed by atoms with Crippen molar-refractivity contribution in [2.75, 3.05) is 5.32 Å². The van der Waals surface area contributed by atoms with E-state index in [1.807, 2.05) is 37.3 Å². The van der Waals surface area contributed by atoms with Gasteiger partial charge in [0.05, 0.1) is 10.9 Å². The number of nitrogens with two attached hydrogens (primary N) is 1. The minimum Gasteiger partial charge on any atom is -0.331 e. The van der Waals surface area contributed by atoms with E-state index < -0.39 is 10.0 Å². The highest BCUT2D eigenvalue weighted by Gasteiger charge is 2.10.